The van der Waals surface area contributed by atoms with Gasteiger partial charge in [0.25, 0.3) is 0 Å². The first-order valence-electron chi connectivity index (χ1n) is 5.99. The molecule has 1 atom stereocenters. The Morgan fingerprint density at radius 3 is 2.84 bits per heavy atom. The van der Waals surface area contributed by atoms with Crippen molar-refractivity contribution in [1.29, 1.82) is 0 Å². The molecular weight excluding hydrogens is 350 g/mol. The summed E-state index contributed by atoms with van der Waals surface area (Å²) < 4.78 is 27.5. The van der Waals surface area contributed by atoms with Crippen molar-refractivity contribution in [3.8, 4) is 0 Å². The first-order valence-corrected chi connectivity index (χ1v) is 9.42. The molecule has 0 aromatic heterocycles. The van der Waals surface area contributed by atoms with Gasteiger partial charge in [0.15, 0.2) is 0 Å². The third-order valence-corrected chi connectivity index (χ3v) is 6.69. The molecule has 0 bridgehead atoms. The molecule has 0 aliphatic carbocycles. The fourth-order valence-corrected chi connectivity index (χ4v) is 5.43. The molecule has 0 radical (unpaired) electrons. The molecule has 2 rings (SSSR count). The Morgan fingerprint density at radius 1 is 1.47 bits per heavy atom. The SMILES string of the molecule is O=S(=O)(NCC1CCSC1)c1ccc(CO)cc1Br. The van der Waals surface area contributed by atoms with E-state index in [-0.39, 0.29) is 11.5 Å². The van der Waals surface area contributed by atoms with Crippen molar-refractivity contribution >= 4 is 37.7 Å². The molecule has 1 heterocycles. The molecule has 1 aliphatic rings. The third-order valence-electron chi connectivity index (χ3n) is 3.05. The van der Waals surface area contributed by atoms with Crippen LogP contribution in [0.25, 0.3) is 0 Å². The molecule has 2 N–H and O–H groups in total. The van der Waals surface area contributed by atoms with Gasteiger partial charge in [0, 0.05) is 11.0 Å². The summed E-state index contributed by atoms with van der Waals surface area (Å²) in [5.41, 5.74) is 0.679. The highest BCUT2D eigenvalue weighted by atomic mass is 79.9. The zero-order valence-electron chi connectivity index (χ0n) is 10.3. The number of aliphatic hydroxyl groups is 1. The second-order valence-electron chi connectivity index (χ2n) is 4.50. The standard InChI is InChI=1S/C12H16BrNO3S2/c13-11-5-9(7-15)1-2-12(11)19(16,17)14-6-10-3-4-18-8-10/h1-2,5,10,14-15H,3-4,6-8H2. The van der Waals surface area contributed by atoms with Crippen molar-refractivity contribution in [2.75, 3.05) is 18.1 Å². The number of hydrogen-bond acceptors (Lipinski definition) is 4. The molecule has 1 aliphatic heterocycles. The molecule has 1 aromatic rings. The predicted octanol–water partition coefficient (Wildman–Crippen LogP) is 1.97. The van der Waals surface area contributed by atoms with Crippen molar-refractivity contribution < 1.29 is 13.5 Å². The summed E-state index contributed by atoms with van der Waals surface area (Å²) in [5, 5.41) is 9.01. The molecule has 1 unspecified atom stereocenters. The minimum Gasteiger partial charge on any atom is -0.392 e. The normalized spacial score (nSPS) is 19.8. The molecule has 7 heteroatoms. The van der Waals surface area contributed by atoms with Crippen LogP contribution in [0.3, 0.4) is 0 Å². The molecule has 0 spiro atoms. The van der Waals surface area contributed by atoms with Crippen LogP contribution in [0, 0.1) is 5.92 Å². The van der Waals surface area contributed by atoms with Gasteiger partial charge in [-0.15, -0.1) is 0 Å². The summed E-state index contributed by atoms with van der Waals surface area (Å²) in [7, 11) is -3.49. The van der Waals surface area contributed by atoms with Crippen molar-refractivity contribution in [2.24, 2.45) is 5.92 Å². The van der Waals surface area contributed by atoms with Crippen LogP contribution >= 0.6 is 27.7 Å². The Kier molecular flexibility index (Phi) is 5.30. The van der Waals surface area contributed by atoms with Gasteiger partial charge in [0.1, 0.15) is 0 Å². The van der Waals surface area contributed by atoms with E-state index in [0.717, 1.165) is 17.9 Å². The zero-order valence-corrected chi connectivity index (χ0v) is 13.5. The first kappa shape index (κ1) is 15.3. The fraction of sp³-hybridized carbons (Fsp3) is 0.500. The van der Waals surface area contributed by atoms with Gasteiger partial charge >= 0.3 is 0 Å². The van der Waals surface area contributed by atoms with Gasteiger partial charge in [-0.25, -0.2) is 13.1 Å². The molecular formula is C12H16BrNO3S2. The first-order chi connectivity index (χ1) is 9.03. The average molecular weight is 366 g/mol. The van der Waals surface area contributed by atoms with E-state index in [2.05, 4.69) is 20.7 Å². The smallest absolute Gasteiger partial charge is 0.241 e. The highest BCUT2D eigenvalue weighted by molar-refractivity contribution is 9.10. The Bertz CT molecular complexity index is 542. The summed E-state index contributed by atoms with van der Waals surface area (Å²) >= 11 is 5.11. The largest absolute Gasteiger partial charge is 0.392 e. The van der Waals surface area contributed by atoms with Gasteiger partial charge in [0.05, 0.1) is 11.5 Å². The predicted molar refractivity (Wildman–Crippen MR) is 80.7 cm³/mol. The van der Waals surface area contributed by atoms with Gasteiger partial charge in [-0.3, -0.25) is 0 Å². The quantitative estimate of drug-likeness (QED) is 0.836. The van der Waals surface area contributed by atoms with Crippen molar-refractivity contribution in [3.63, 3.8) is 0 Å². The maximum atomic E-state index is 12.2. The molecule has 1 fully saturated rings. The third kappa shape index (κ3) is 3.95. The van der Waals surface area contributed by atoms with Crippen LogP contribution in [0.1, 0.15) is 12.0 Å². The molecule has 1 aromatic carbocycles. The number of nitrogens with one attached hydrogen (secondary N) is 1. The number of hydrogen-bond donors (Lipinski definition) is 2. The summed E-state index contributed by atoms with van der Waals surface area (Å²) in [5.74, 6) is 2.56. The lowest BCUT2D eigenvalue weighted by molar-refractivity contribution is 0.281. The Morgan fingerprint density at radius 2 is 2.26 bits per heavy atom. The number of benzene rings is 1. The van der Waals surface area contributed by atoms with E-state index in [1.165, 1.54) is 6.07 Å². The van der Waals surface area contributed by atoms with E-state index in [0.29, 0.717) is 22.5 Å². The lowest BCUT2D eigenvalue weighted by Gasteiger charge is -2.12. The van der Waals surface area contributed by atoms with Gasteiger partial charge in [-0.1, -0.05) is 6.07 Å². The number of thioether (sulfide) groups is 1. The molecule has 106 valence electrons. The molecule has 4 nitrogen and oxygen atoms in total. The van der Waals surface area contributed by atoms with Crippen LogP contribution in [0.5, 0.6) is 0 Å². The Hall–Kier alpha value is -0.0800. The van der Waals surface area contributed by atoms with E-state index in [9.17, 15) is 8.42 Å². The van der Waals surface area contributed by atoms with Gasteiger partial charge in [0.2, 0.25) is 10.0 Å². The van der Waals surface area contributed by atoms with Crippen LogP contribution in [-0.4, -0.2) is 31.6 Å². The van der Waals surface area contributed by atoms with E-state index in [1.54, 1.807) is 12.1 Å². The second-order valence-corrected chi connectivity index (χ2v) is 8.24. The lowest BCUT2D eigenvalue weighted by atomic mass is 10.1. The van der Waals surface area contributed by atoms with E-state index < -0.39 is 10.0 Å². The topological polar surface area (TPSA) is 66.4 Å². The van der Waals surface area contributed by atoms with Crippen molar-refractivity contribution in [2.45, 2.75) is 17.9 Å². The monoisotopic (exact) mass is 365 g/mol. The van der Waals surface area contributed by atoms with E-state index in [4.69, 9.17) is 5.11 Å². The van der Waals surface area contributed by atoms with Crippen LogP contribution in [-0.2, 0) is 16.6 Å². The number of aliphatic hydroxyl groups excluding tert-OH is 1. The van der Waals surface area contributed by atoms with Crippen LogP contribution in [0.2, 0.25) is 0 Å². The summed E-state index contributed by atoms with van der Waals surface area (Å²) in [6.07, 6.45) is 1.07. The van der Waals surface area contributed by atoms with Crippen molar-refractivity contribution in [3.05, 3.63) is 28.2 Å². The molecule has 0 amide bonds. The van der Waals surface area contributed by atoms with Crippen LogP contribution in [0.15, 0.2) is 27.6 Å². The molecule has 19 heavy (non-hydrogen) atoms. The second kappa shape index (κ2) is 6.58. The highest BCUT2D eigenvalue weighted by Crippen LogP contribution is 2.25. The summed E-state index contributed by atoms with van der Waals surface area (Å²) in [4.78, 5) is 0.218. The number of rotatable bonds is 5. The zero-order chi connectivity index (χ0) is 13.9. The highest BCUT2D eigenvalue weighted by Gasteiger charge is 2.21. The Labute approximate surface area is 126 Å². The average Bonchev–Trinajstić information content (AvgIpc) is 2.89. The van der Waals surface area contributed by atoms with E-state index >= 15 is 0 Å². The minimum atomic E-state index is -3.49. The summed E-state index contributed by atoms with van der Waals surface area (Å²) in [6.45, 7) is 0.384. The van der Waals surface area contributed by atoms with Crippen LogP contribution < -0.4 is 4.72 Å². The number of sulfonamides is 1. The van der Waals surface area contributed by atoms with E-state index in [1.807, 2.05) is 11.8 Å². The minimum absolute atomic E-state index is 0.106. The fourth-order valence-electron chi connectivity index (χ4n) is 1.91. The Balaban J connectivity index is 2.10. The maximum Gasteiger partial charge on any atom is 0.241 e. The molecule has 0 saturated carbocycles. The number of halogens is 1. The van der Waals surface area contributed by atoms with Crippen LogP contribution in [0.4, 0.5) is 0 Å². The van der Waals surface area contributed by atoms with Gasteiger partial charge < -0.3 is 5.11 Å². The van der Waals surface area contributed by atoms with Gasteiger partial charge in [-0.05, 0) is 57.5 Å². The maximum absolute atomic E-state index is 12.2. The molecule has 1 saturated heterocycles. The summed E-state index contributed by atoms with van der Waals surface area (Å²) in [6, 6.07) is 4.76. The van der Waals surface area contributed by atoms with Crippen molar-refractivity contribution in [1.82, 2.24) is 4.72 Å². The lowest BCUT2D eigenvalue weighted by Crippen LogP contribution is -2.29. The van der Waals surface area contributed by atoms with Gasteiger partial charge in [-0.2, -0.15) is 11.8 Å².